The van der Waals surface area contributed by atoms with Crippen LogP contribution in [0, 0.1) is 5.82 Å². The molecule has 0 amide bonds. The summed E-state index contributed by atoms with van der Waals surface area (Å²) < 4.78 is 93.0. The van der Waals surface area contributed by atoms with Crippen LogP contribution in [0.15, 0.2) is 79.0 Å². The number of hydrogen-bond acceptors (Lipinski definition) is 2. The molecule has 0 aliphatic heterocycles. The Hall–Kier alpha value is -3.82. The summed E-state index contributed by atoms with van der Waals surface area (Å²) in [5, 5.41) is 2.97. The van der Waals surface area contributed by atoms with Crippen LogP contribution in [0.2, 0.25) is 0 Å². The lowest BCUT2D eigenvalue weighted by molar-refractivity contribution is -0.138. The molecule has 0 spiro atoms. The summed E-state index contributed by atoms with van der Waals surface area (Å²) in [7, 11) is 0. The molecule has 0 fully saturated rings. The second-order valence-corrected chi connectivity index (χ2v) is 7.43. The minimum Gasteiger partial charge on any atom is -0.351 e. The van der Waals surface area contributed by atoms with Gasteiger partial charge in [-0.1, -0.05) is 30.3 Å². The second-order valence-electron chi connectivity index (χ2n) is 7.43. The highest BCUT2D eigenvalue weighted by Gasteiger charge is 2.31. The number of hydrogen-bond donors (Lipinski definition) is 1. The molecule has 0 saturated carbocycles. The van der Waals surface area contributed by atoms with Gasteiger partial charge in [-0.05, 0) is 48.0 Å². The predicted octanol–water partition coefficient (Wildman–Crippen LogP) is 7.33. The Labute approximate surface area is 189 Å². The third-order valence-electron chi connectivity index (χ3n) is 5.01. The zero-order valence-electron chi connectivity index (χ0n) is 17.3. The number of halogens is 7. The zero-order valence-corrected chi connectivity index (χ0v) is 17.3. The van der Waals surface area contributed by atoms with E-state index in [-0.39, 0.29) is 23.8 Å². The lowest BCUT2D eigenvalue weighted by Gasteiger charge is -2.11. The van der Waals surface area contributed by atoms with Crippen LogP contribution in [0.25, 0.3) is 16.9 Å². The minimum absolute atomic E-state index is 0.0759. The van der Waals surface area contributed by atoms with Gasteiger partial charge in [0, 0.05) is 18.3 Å². The molecule has 3 nitrogen and oxygen atoms in total. The first-order chi connectivity index (χ1) is 16.0. The molecule has 1 N–H and O–H groups in total. The van der Waals surface area contributed by atoms with Crippen molar-refractivity contribution in [3.63, 3.8) is 0 Å². The fourth-order valence-corrected chi connectivity index (χ4v) is 3.31. The molecule has 0 atom stereocenters. The SMILES string of the molecule is Fc1cccc(-n2cc(-c3cccc(C(F)(F)F)c3)nc2NCc2ccc(C(F)(F)F)cc2)c1. The summed E-state index contributed by atoms with van der Waals surface area (Å²) in [5.41, 5.74) is -0.357. The van der Waals surface area contributed by atoms with Crippen molar-refractivity contribution in [1.82, 2.24) is 9.55 Å². The van der Waals surface area contributed by atoms with Crippen LogP contribution in [-0.2, 0) is 18.9 Å². The quantitative estimate of drug-likeness (QED) is 0.304. The van der Waals surface area contributed by atoms with E-state index in [1.165, 1.54) is 53.2 Å². The van der Waals surface area contributed by atoms with E-state index in [1.807, 2.05) is 0 Å². The van der Waals surface area contributed by atoms with Gasteiger partial charge in [-0.15, -0.1) is 0 Å². The Balaban J connectivity index is 1.68. The fourth-order valence-electron chi connectivity index (χ4n) is 3.31. The summed E-state index contributed by atoms with van der Waals surface area (Å²) in [5.74, 6) is -0.349. The van der Waals surface area contributed by atoms with E-state index >= 15 is 0 Å². The van der Waals surface area contributed by atoms with Crippen molar-refractivity contribution in [2.75, 3.05) is 5.32 Å². The standard InChI is InChI=1S/C24H16F7N3/c25-19-5-2-6-20(12-19)34-14-21(16-3-1-4-18(11-16)24(29,30)31)33-22(34)32-13-15-7-9-17(10-8-15)23(26,27)28/h1-12,14H,13H2,(H,32,33). The van der Waals surface area contributed by atoms with Crippen molar-refractivity contribution in [3.8, 4) is 16.9 Å². The zero-order chi connectivity index (χ0) is 24.5. The van der Waals surface area contributed by atoms with Gasteiger partial charge in [-0.25, -0.2) is 9.37 Å². The van der Waals surface area contributed by atoms with Gasteiger partial charge in [0.1, 0.15) is 5.82 Å². The number of aromatic nitrogens is 2. The molecule has 4 rings (SSSR count). The van der Waals surface area contributed by atoms with Crippen LogP contribution in [-0.4, -0.2) is 9.55 Å². The largest absolute Gasteiger partial charge is 0.416 e. The van der Waals surface area contributed by atoms with E-state index in [0.29, 0.717) is 11.3 Å². The summed E-state index contributed by atoms with van der Waals surface area (Å²) in [6, 6.07) is 14.6. The molecular formula is C24H16F7N3. The van der Waals surface area contributed by atoms with Crippen molar-refractivity contribution in [2.45, 2.75) is 18.9 Å². The monoisotopic (exact) mass is 479 g/mol. The third kappa shape index (κ3) is 5.22. The van der Waals surface area contributed by atoms with E-state index in [9.17, 15) is 30.7 Å². The number of imidazole rings is 1. The summed E-state index contributed by atoms with van der Waals surface area (Å²) in [4.78, 5) is 4.36. The third-order valence-corrected chi connectivity index (χ3v) is 5.01. The van der Waals surface area contributed by atoms with E-state index in [1.54, 1.807) is 6.07 Å². The van der Waals surface area contributed by atoms with Crippen LogP contribution >= 0.6 is 0 Å². The van der Waals surface area contributed by atoms with Crippen molar-refractivity contribution in [3.05, 3.63) is 102 Å². The van der Waals surface area contributed by atoms with E-state index in [2.05, 4.69) is 10.3 Å². The predicted molar refractivity (Wildman–Crippen MR) is 113 cm³/mol. The van der Waals surface area contributed by atoms with Gasteiger partial charge >= 0.3 is 12.4 Å². The van der Waals surface area contributed by atoms with Crippen molar-refractivity contribution < 1.29 is 30.7 Å². The van der Waals surface area contributed by atoms with Crippen molar-refractivity contribution in [2.24, 2.45) is 0 Å². The van der Waals surface area contributed by atoms with Crippen LogP contribution < -0.4 is 5.32 Å². The fraction of sp³-hybridized carbons (Fsp3) is 0.125. The van der Waals surface area contributed by atoms with E-state index in [0.717, 1.165) is 24.3 Å². The lowest BCUT2D eigenvalue weighted by Crippen LogP contribution is -2.08. The molecule has 3 aromatic carbocycles. The molecule has 176 valence electrons. The number of rotatable bonds is 5. The van der Waals surface area contributed by atoms with Gasteiger partial charge in [0.25, 0.3) is 0 Å². The number of alkyl halides is 6. The van der Waals surface area contributed by atoms with Gasteiger partial charge in [-0.3, -0.25) is 4.57 Å². The molecule has 0 bridgehead atoms. The Morgan fingerprint density at radius 1 is 0.765 bits per heavy atom. The molecule has 4 aromatic rings. The molecule has 0 saturated heterocycles. The first kappa shape index (κ1) is 23.3. The molecule has 10 heteroatoms. The first-order valence-corrected chi connectivity index (χ1v) is 9.94. The average molecular weight is 479 g/mol. The van der Waals surface area contributed by atoms with Crippen LogP contribution in [0.3, 0.4) is 0 Å². The number of benzene rings is 3. The molecule has 1 heterocycles. The normalized spacial score (nSPS) is 12.1. The van der Waals surface area contributed by atoms with Crippen molar-refractivity contribution >= 4 is 5.95 Å². The Bertz CT molecular complexity index is 1290. The van der Waals surface area contributed by atoms with Crippen molar-refractivity contribution in [1.29, 1.82) is 0 Å². The lowest BCUT2D eigenvalue weighted by atomic mass is 10.1. The topological polar surface area (TPSA) is 29.9 Å². The highest BCUT2D eigenvalue weighted by Crippen LogP contribution is 2.33. The molecule has 1 aromatic heterocycles. The number of nitrogens with zero attached hydrogens (tertiary/aromatic N) is 2. The van der Waals surface area contributed by atoms with Gasteiger partial charge in [0.05, 0.1) is 22.5 Å². The number of anilines is 1. The van der Waals surface area contributed by atoms with E-state index < -0.39 is 29.3 Å². The van der Waals surface area contributed by atoms with Gasteiger partial charge in [-0.2, -0.15) is 26.3 Å². The molecule has 0 unspecified atom stereocenters. The van der Waals surface area contributed by atoms with Gasteiger partial charge < -0.3 is 5.32 Å². The van der Waals surface area contributed by atoms with Crippen LogP contribution in [0.5, 0.6) is 0 Å². The highest BCUT2D eigenvalue weighted by molar-refractivity contribution is 5.63. The molecule has 0 aliphatic carbocycles. The maximum atomic E-state index is 13.8. The second kappa shape index (κ2) is 8.85. The maximum absolute atomic E-state index is 13.8. The van der Waals surface area contributed by atoms with Crippen LogP contribution in [0.1, 0.15) is 16.7 Å². The minimum atomic E-state index is -4.54. The van der Waals surface area contributed by atoms with Gasteiger partial charge in [0.2, 0.25) is 5.95 Å². The Morgan fingerprint density at radius 2 is 1.44 bits per heavy atom. The van der Waals surface area contributed by atoms with E-state index in [4.69, 9.17) is 0 Å². The Morgan fingerprint density at radius 3 is 2.09 bits per heavy atom. The molecule has 0 radical (unpaired) electrons. The first-order valence-electron chi connectivity index (χ1n) is 9.94. The average Bonchev–Trinajstić information content (AvgIpc) is 3.21. The summed E-state index contributed by atoms with van der Waals surface area (Å²) in [6.07, 6.45) is -7.54. The maximum Gasteiger partial charge on any atom is 0.416 e. The molecule has 34 heavy (non-hydrogen) atoms. The highest BCUT2D eigenvalue weighted by atomic mass is 19.4. The smallest absolute Gasteiger partial charge is 0.351 e. The van der Waals surface area contributed by atoms with Gasteiger partial charge in [0.15, 0.2) is 0 Å². The van der Waals surface area contributed by atoms with Crippen LogP contribution in [0.4, 0.5) is 36.7 Å². The summed E-state index contributed by atoms with van der Waals surface area (Å²) >= 11 is 0. The summed E-state index contributed by atoms with van der Waals surface area (Å²) in [6.45, 7) is 0.0759. The Kier molecular flexibility index (Phi) is 6.07. The molecular weight excluding hydrogens is 463 g/mol. The molecule has 0 aliphatic rings. The number of nitrogens with one attached hydrogen (secondary N) is 1.